The van der Waals surface area contributed by atoms with Crippen LogP contribution in [-0.4, -0.2) is 16.2 Å². The van der Waals surface area contributed by atoms with Gasteiger partial charge in [-0.1, -0.05) is 84.9 Å². The molecule has 0 N–H and O–H groups in total. The number of nitrogens with zero attached hydrogens (tertiary/aromatic N) is 2. The Labute approximate surface area is 181 Å². The maximum atomic E-state index is 6.26. The summed E-state index contributed by atoms with van der Waals surface area (Å²) in [4.78, 5) is 4.52. The summed E-state index contributed by atoms with van der Waals surface area (Å²) in [6, 6.07) is 37.0. The van der Waals surface area contributed by atoms with Gasteiger partial charge in [-0.3, -0.25) is 4.57 Å². The van der Waals surface area contributed by atoms with Gasteiger partial charge < -0.3 is 4.74 Å². The fourth-order valence-electron chi connectivity index (χ4n) is 3.78. The molecule has 0 atom stereocenters. The molecule has 0 fully saturated rings. The van der Waals surface area contributed by atoms with Crippen molar-refractivity contribution in [2.75, 3.05) is 6.61 Å². The Morgan fingerprint density at radius 1 is 0.710 bits per heavy atom. The van der Waals surface area contributed by atoms with Crippen LogP contribution in [0.25, 0.3) is 22.3 Å². The van der Waals surface area contributed by atoms with E-state index in [0.29, 0.717) is 6.61 Å². The lowest BCUT2D eigenvalue weighted by molar-refractivity contribution is 0.362. The molecule has 0 bridgehead atoms. The van der Waals surface area contributed by atoms with E-state index in [1.807, 2.05) is 54.9 Å². The van der Waals surface area contributed by atoms with Crippen LogP contribution in [0, 0.1) is 0 Å². The molecular formula is C28H22N2O. The van der Waals surface area contributed by atoms with Crippen molar-refractivity contribution in [3.8, 4) is 11.4 Å². The molecule has 5 aromatic rings. The average molecular weight is 402 g/mol. The minimum atomic E-state index is 0.461. The van der Waals surface area contributed by atoms with Crippen molar-refractivity contribution in [1.82, 2.24) is 9.55 Å². The standard InChI is InChI=1S/C28H22N2O/c1-3-11-22(12-4-1)24(23-13-5-2-6-14-23)19-20-31-28-18-10-9-17-27(28)30-21-29-25-15-7-8-16-26(25)30/h1-19,21H,20H2. The molecule has 3 nitrogen and oxygen atoms in total. The second-order valence-electron chi connectivity index (χ2n) is 7.23. The third-order valence-corrected chi connectivity index (χ3v) is 5.27. The Morgan fingerprint density at radius 3 is 2.06 bits per heavy atom. The van der Waals surface area contributed by atoms with Gasteiger partial charge in [-0.2, -0.15) is 0 Å². The first-order chi connectivity index (χ1) is 15.4. The maximum absolute atomic E-state index is 6.26. The first-order valence-corrected chi connectivity index (χ1v) is 10.4. The van der Waals surface area contributed by atoms with Crippen LogP contribution in [0.1, 0.15) is 11.1 Å². The van der Waals surface area contributed by atoms with Crippen molar-refractivity contribution >= 4 is 16.6 Å². The number of aromatic nitrogens is 2. The summed E-state index contributed by atoms with van der Waals surface area (Å²) in [5.74, 6) is 0.822. The van der Waals surface area contributed by atoms with Crippen molar-refractivity contribution in [3.63, 3.8) is 0 Å². The number of para-hydroxylation sites is 4. The smallest absolute Gasteiger partial charge is 0.143 e. The highest BCUT2D eigenvalue weighted by Crippen LogP contribution is 2.27. The molecule has 0 aliphatic carbocycles. The number of hydrogen-bond acceptors (Lipinski definition) is 2. The van der Waals surface area contributed by atoms with Gasteiger partial charge in [0.2, 0.25) is 0 Å². The Bertz CT molecular complexity index is 1280. The van der Waals surface area contributed by atoms with Gasteiger partial charge in [0.1, 0.15) is 18.7 Å². The van der Waals surface area contributed by atoms with E-state index in [-0.39, 0.29) is 0 Å². The van der Waals surface area contributed by atoms with E-state index in [4.69, 9.17) is 4.74 Å². The Balaban J connectivity index is 1.46. The van der Waals surface area contributed by atoms with Gasteiger partial charge in [0.15, 0.2) is 0 Å². The largest absolute Gasteiger partial charge is 0.487 e. The zero-order valence-corrected chi connectivity index (χ0v) is 17.1. The first kappa shape index (κ1) is 18.9. The van der Waals surface area contributed by atoms with Crippen LogP contribution < -0.4 is 4.74 Å². The minimum Gasteiger partial charge on any atom is -0.487 e. The number of ether oxygens (including phenoxy) is 1. The van der Waals surface area contributed by atoms with Crippen molar-refractivity contribution in [2.24, 2.45) is 0 Å². The van der Waals surface area contributed by atoms with Crippen LogP contribution in [0.15, 0.2) is 122 Å². The Morgan fingerprint density at radius 2 is 1.32 bits per heavy atom. The SMILES string of the molecule is C(COc1ccccc1-n1cnc2ccccc21)=C(c1ccccc1)c1ccccc1. The van der Waals surface area contributed by atoms with E-state index in [1.54, 1.807) is 0 Å². The molecule has 0 radical (unpaired) electrons. The van der Waals surface area contributed by atoms with E-state index < -0.39 is 0 Å². The predicted molar refractivity (Wildman–Crippen MR) is 127 cm³/mol. The molecule has 0 aliphatic rings. The molecule has 1 heterocycles. The van der Waals surface area contributed by atoms with Gasteiger partial charge in [0, 0.05) is 0 Å². The highest BCUT2D eigenvalue weighted by Gasteiger charge is 2.10. The molecule has 0 unspecified atom stereocenters. The monoisotopic (exact) mass is 402 g/mol. The molecule has 0 aliphatic heterocycles. The van der Waals surface area contributed by atoms with E-state index in [0.717, 1.165) is 28.0 Å². The molecular weight excluding hydrogens is 380 g/mol. The van der Waals surface area contributed by atoms with Crippen molar-refractivity contribution in [1.29, 1.82) is 0 Å². The molecule has 150 valence electrons. The Hall–Kier alpha value is -4.11. The predicted octanol–water partition coefficient (Wildman–Crippen LogP) is 6.54. The molecule has 5 rings (SSSR count). The fraction of sp³-hybridized carbons (Fsp3) is 0.0357. The van der Waals surface area contributed by atoms with Gasteiger partial charge in [0.05, 0.1) is 16.7 Å². The van der Waals surface area contributed by atoms with Crippen LogP contribution in [0.2, 0.25) is 0 Å². The summed E-state index contributed by atoms with van der Waals surface area (Å²) in [7, 11) is 0. The normalized spacial score (nSPS) is 10.7. The van der Waals surface area contributed by atoms with Crippen molar-refractivity contribution < 1.29 is 4.74 Å². The molecule has 0 spiro atoms. The third kappa shape index (κ3) is 3.99. The number of imidazole rings is 1. The van der Waals surface area contributed by atoms with E-state index in [9.17, 15) is 0 Å². The summed E-state index contributed by atoms with van der Waals surface area (Å²) in [5.41, 5.74) is 6.51. The highest BCUT2D eigenvalue weighted by atomic mass is 16.5. The van der Waals surface area contributed by atoms with Gasteiger partial charge in [0.25, 0.3) is 0 Å². The molecule has 0 amide bonds. The maximum Gasteiger partial charge on any atom is 0.143 e. The summed E-state index contributed by atoms with van der Waals surface area (Å²) < 4.78 is 8.33. The second-order valence-corrected chi connectivity index (χ2v) is 7.23. The quantitative estimate of drug-likeness (QED) is 0.323. The average Bonchev–Trinajstić information content (AvgIpc) is 3.27. The zero-order valence-electron chi connectivity index (χ0n) is 17.1. The topological polar surface area (TPSA) is 27.1 Å². The van der Waals surface area contributed by atoms with Gasteiger partial charge >= 0.3 is 0 Å². The molecule has 0 saturated heterocycles. The lowest BCUT2D eigenvalue weighted by atomic mass is 9.98. The summed E-state index contributed by atoms with van der Waals surface area (Å²) in [5, 5.41) is 0. The van der Waals surface area contributed by atoms with Crippen LogP contribution in [0.5, 0.6) is 5.75 Å². The summed E-state index contributed by atoms with van der Waals surface area (Å²) in [6.07, 6.45) is 4.00. The Kier molecular flexibility index (Phi) is 5.31. The van der Waals surface area contributed by atoms with Crippen LogP contribution in [0.3, 0.4) is 0 Å². The molecule has 31 heavy (non-hydrogen) atoms. The first-order valence-electron chi connectivity index (χ1n) is 10.4. The highest BCUT2D eigenvalue weighted by molar-refractivity contribution is 5.80. The minimum absolute atomic E-state index is 0.461. The van der Waals surface area contributed by atoms with E-state index in [2.05, 4.69) is 76.3 Å². The number of rotatable bonds is 6. The lowest BCUT2D eigenvalue weighted by Crippen LogP contribution is -2.01. The third-order valence-electron chi connectivity index (χ3n) is 5.27. The molecule has 0 saturated carbocycles. The number of hydrogen-bond donors (Lipinski definition) is 0. The molecule has 3 heteroatoms. The fourth-order valence-corrected chi connectivity index (χ4v) is 3.78. The number of benzene rings is 4. The van der Waals surface area contributed by atoms with Gasteiger partial charge in [-0.25, -0.2) is 4.98 Å². The van der Waals surface area contributed by atoms with Crippen molar-refractivity contribution in [3.05, 3.63) is 133 Å². The summed E-state index contributed by atoms with van der Waals surface area (Å²) in [6.45, 7) is 0.461. The summed E-state index contributed by atoms with van der Waals surface area (Å²) >= 11 is 0. The second kappa shape index (κ2) is 8.72. The van der Waals surface area contributed by atoms with Crippen LogP contribution in [0.4, 0.5) is 0 Å². The van der Waals surface area contributed by atoms with Crippen LogP contribution >= 0.6 is 0 Å². The van der Waals surface area contributed by atoms with E-state index in [1.165, 1.54) is 11.1 Å². The van der Waals surface area contributed by atoms with Gasteiger partial charge in [-0.05, 0) is 47.0 Å². The molecule has 1 aromatic heterocycles. The van der Waals surface area contributed by atoms with E-state index >= 15 is 0 Å². The van der Waals surface area contributed by atoms with Crippen molar-refractivity contribution in [2.45, 2.75) is 0 Å². The zero-order chi connectivity index (χ0) is 20.9. The van der Waals surface area contributed by atoms with Gasteiger partial charge in [-0.15, -0.1) is 0 Å². The molecule has 4 aromatic carbocycles. The van der Waals surface area contributed by atoms with Crippen LogP contribution in [-0.2, 0) is 0 Å². The number of fused-ring (bicyclic) bond motifs is 1. The lowest BCUT2D eigenvalue weighted by Gasteiger charge is -2.13.